The number of carbonyl (C=O) groups is 2. The lowest BCUT2D eigenvalue weighted by Crippen LogP contribution is -2.36. The molecular weight excluding hydrogens is 354 g/mol. The topological polar surface area (TPSA) is 73.9 Å². The summed E-state index contributed by atoms with van der Waals surface area (Å²) in [7, 11) is 1.57. The van der Waals surface area contributed by atoms with Crippen LogP contribution in [0.15, 0.2) is 41.8 Å². The summed E-state index contributed by atoms with van der Waals surface area (Å²) in [6.45, 7) is 1.12. The summed E-state index contributed by atoms with van der Waals surface area (Å²) < 4.78 is 16.2. The van der Waals surface area contributed by atoms with Crippen LogP contribution in [0.2, 0.25) is 0 Å². The number of rotatable bonds is 7. The van der Waals surface area contributed by atoms with Crippen LogP contribution in [-0.2, 0) is 14.3 Å². The Morgan fingerprint density at radius 3 is 2.73 bits per heavy atom. The van der Waals surface area contributed by atoms with Gasteiger partial charge in [0.15, 0.2) is 0 Å². The molecule has 1 N–H and O–H groups in total. The van der Waals surface area contributed by atoms with Crippen molar-refractivity contribution in [3.05, 3.63) is 52.2 Å². The van der Waals surface area contributed by atoms with Crippen LogP contribution >= 0.6 is 11.3 Å². The Morgan fingerprint density at radius 2 is 2.12 bits per heavy atom. The van der Waals surface area contributed by atoms with Gasteiger partial charge >= 0.3 is 5.97 Å². The summed E-state index contributed by atoms with van der Waals surface area (Å²) in [5.41, 5.74) is 0.584. The van der Waals surface area contributed by atoms with Crippen LogP contribution in [0.4, 0.5) is 0 Å². The summed E-state index contributed by atoms with van der Waals surface area (Å²) in [5, 5.41) is 4.62. The van der Waals surface area contributed by atoms with Gasteiger partial charge < -0.3 is 19.5 Å². The highest BCUT2D eigenvalue weighted by molar-refractivity contribution is 7.11. The van der Waals surface area contributed by atoms with E-state index in [0.717, 1.165) is 19.4 Å². The second-order valence-corrected chi connectivity index (χ2v) is 6.86. The molecule has 26 heavy (non-hydrogen) atoms. The van der Waals surface area contributed by atoms with Gasteiger partial charge in [-0.15, -0.1) is 11.3 Å². The Balaban J connectivity index is 1.72. The van der Waals surface area contributed by atoms with Gasteiger partial charge in [-0.1, -0.05) is 18.2 Å². The van der Waals surface area contributed by atoms with Crippen LogP contribution in [0.25, 0.3) is 0 Å². The number of methoxy groups -OCH3 is 1. The third-order valence-electron chi connectivity index (χ3n) is 4.13. The highest BCUT2D eigenvalue weighted by atomic mass is 32.1. The SMILES string of the molecule is COc1ccc([C@H](OC(=O)c2cccs2)C(=O)NC[C@@H]2CCCO2)cc1. The van der Waals surface area contributed by atoms with Gasteiger partial charge in [0, 0.05) is 18.7 Å². The maximum absolute atomic E-state index is 12.7. The number of carbonyl (C=O) groups excluding carboxylic acids is 2. The number of ether oxygens (including phenoxy) is 3. The minimum atomic E-state index is -1.03. The van der Waals surface area contributed by atoms with E-state index < -0.39 is 12.1 Å². The molecular formula is C19H21NO5S. The molecule has 3 rings (SSSR count). The van der Waals surface area contributed by atoms with E-state index in [0.29, 0.717) is 22.7 Å². The fraction of sp³-hybridized carbons (Fsp3) is 0.368. The quantitative estimate of drug-likeness (QED) is 0.753. The molecule has 1 fully saturated rings. The van der Waals surface area contributed by atoms with Crippen molar-refractivity contribution in [1.29, 1.82) is 0 Å². The smallest absolute Gasteiger partial charge is 0.349 e. The van der Waals surface area contributed by atoms with Crippen LogP contribution in [0.3, 0.4) is 0 Å². The average molecular weight is 375 g/mol. The van der Waals surface area contributed by atoms with E-state index in [9.17, 15) is 9.59 Å². The van der Waals surface area contributed by atoms with Crippen molar-refractivity contribution in [3.8, 4) is 5.75 Å². The largest absolute Gasteiger partial charge is 0.497 e. The average Bonchev–Trinajstić information content (AvgIpc) is 3.38. The van der Waals surface area contributed by atoms with Crippen molar-refractivity contribution in [2.45, 2.75) is 25.0 Å². The van der Waals surface area contributed by atoms with Gasteiger partial charge in [0.25, 0.3) is 5.91 Å². The van der Waals surface area contributed by atoms with Crippen molar-refractivity contribution >= 4 is 23.2 Å². The second kappa shape index (κ2) is 8.82. The van der Waals surface area contributed by atoms with Gasteiger partial charge in [-0.2, -0.15) is 0 Å². The van der Waals surface area contributed by atoms with E-state index in [4.69, 9.17) is 14.2 Å². The number of hydrogen-bond donors (Lipinski definition) is 1. The van der Waals surface area contributed by atoms with Crippen molar-refractivity contribution < 1.29 is 23.8 Å². The Morgan fingerprint density at radius 1 is 1.31 bits per heavy atom. The lowest BCUT2D eigenvalue weighted by molar-refractivity contribution is -0.130. The molecule has 1 amide bonds. The third kappa shape index (κ3) is 4.62. The van der Waals surface area contributed by atoms with Crippen molar-refractivity contribution in [2.75, 3.05) is 20.3 Å². The van der Waals surface area contributed by atoms with Gasteiger partial charge in [0.1, 0.15) is 10.6 Å². The minimum Gasteiger partial charge on any atom is -0.497 e. The van der Waals surface area contributed by atoms with E-state index in [-0.39, 0.29) is 12.0 Å². The number of hydrogen-bond acceptors (Lipinski definition) is 6. The Kier molecular flexibility index (Phi) is 6.25. The zero-order valence-corrected chi connectivity index (χ0v) is 15.3. The molecule has 2 aromatic rings. The molecule has 0 bridgehead atoms. The maximum Gasteiger partial charge on any atom is 0.349 e. The number of thiophene rings is 1. The Labute approximate surface area is 156 Å². The lowest BCUT2D eigenvalue weighted by atomic mass is 10.1. The third-order valence-corrected chi connectivity index (χ3v) is 4.98. The van der Waals surface area contributed by atoms with E-state index in [1.165, 1.54) is 11.3 Å². The van der Waals surface area contributed by atoms with Crippen LogP contribution in [0, 0.1) is 0 Å². The first-order valence-electron chi connectivity index (χ1n) is 8.45. The Hall–Kier alpha value is -2.38. The fourth-order valence-electron chi connectivity index (χ4n) is 2.72. The first-order chi connectivity index (χ1) is 12.7. The molecule has 138 valence electrons. The molecule has 0 radical (unpaired) electrons. The summed E-state index contributed by atoms with van der Waals surface area (Å²) in [4.78, 5) is 25.5. The summed E-state index contributed by atoms with van der Waals surface area (Å²) in [6, 6.07) is 10.3. The molecule has 1 aliphatic rings. The highest BCUT2D eigenvalue weighted by Gasteiger charge is 2.27. The fourth-order valence-corrected chi connectivity index (χ4v) is 3.33. The summed E-state index contributed by atoms with van der Waals surface area (Å²) in [6.07, 6.45) is 0.901. The molecule has 1 aliphatic heterocycles. The Bertz CT molecular complexity index is 723. The van der Waals surface area contributed by atoms with Crippen LogP contribution in [-0.4, -0.2) is 38.2 Å². The molecule has 2 heterocycles. The van der Waals surface area contributed by atoms with Crippen molar-refractivity contribution in [1.82, 2.24) is 5.32 Å². The van der Waals surface area contributed by atoms with E-state index in [1.54, 1.807) is 48.9 Å². The number of esters is 1. The molecule has 0 aliphatic carbocycles. The molecule has 0 saturated carbocycles. The normalized spacial score (nSPS) is 17.5. The van der Waals surface area contributed by atoms with Gasteiger partial charge in [-0.3, -0.25) is 4.79 Å². The molecule has 2 atom stereocenters. The molecule has 0 unspecified atom stereocenters. The van der Waals surface area contributed by atoms with Crippen molar-refractivity contribution in [3.63, 3.8) is 0 Å². The van der Waals surface area contributed by atoms with Gasteiger partial charge in [-0.05, 0) is 36.4 Å². The van der Waals surface area contributed by atoms with Crippen LogP contribution < -0.4 is 10.1 Å². The lowest BCUT2D eigenvalue weighted by Gasteiger charge is -2.19. The van der Waals surface area contributed by atoms with E-state index in [2.05, 4.69) is 5.32 Å². The molecule has 1 aromatic heterocycles. The van der Waals surface area contributed by atoms with E-state index in [1.807, 2.05) is 0 Å². The van der Waals surface area contributed by atoms with E-state index >= 15 is 0 Å². The predicted octanol–water partition coefficient (Wildman–Crippen LogP) is 2.95. The first kappa shape index (κ1) is 18.4. The summed E-state index contributed by atoms with van der Waals surface area (Å²) in [5.74, 6) is -0.222. The molecule has 0 spiro atoms. The summed E-state index contributed by atoms with van der Waals surface area (Å²) >= 11 is 1.27. The second-order valence-electron chi connectivity index (χ2n) is 5.92. The predicted molar refractivity (Wildman–Crippen MR) is 97.5 cm³/mol. The molecule has 6 nitrogen and oxygen atoms in total. The standard InChI is InChI=1S/C19H21NO5S/c1-23-14-8-6-13(7-9-14)17(25-19(22)16-5-3-11-26-16)18(21)20-12-15-4-2-10-24-15/h3,5-9,11,15,17H,2,4,10,12H2,1H3,(H,20,21)/t15-,17-/m0/s1. The van der Waals surface area contributed by atoms with Gasteiger partial charge in [0.05, 0.1) is 13.2 Å². The zero-order chi connectivity index (χ0) is 18.4. The van der Waals surface area contributed by atoms with Gasteiger partial charge in [0.2, 0.25) is 6.10 Å². The van der Waals surface area contributed by atoms with Crippen LogP contribution in [0.1, 0.15) is 34.2 Å². The number of benzene rings is 1. The zero-order valence-electron chi connectivity index (χ0n) is 14.5. The van der Waals surface area contributed by atoms with Crippen molar-refractivity contribution in [2.24, 2.45) is 0 Å². The highest BCUT2D eigenvalue weighted by Crippen LogP contribution is 2.24. The monoisotopic (exact) mass is 375 g/mol. The van der Waals surface area contributed by atoms with Gasteiger partial charge in [-0.25, -0.2) is 4.79 Å². The molecule has 7 heteroatoms. The number of amides is 1. The first-order valence-corrected chi connectivity index (χ1v) is 9.33. The van der Waals surface area contributed by atoms with Crippen LogP contribution in [0.5, 0.6) is 5.75 Å². The molecule has 1 saturated heterocycles. The number of nitrogens with one attached hydrogen (secondary N) is 1. The minimum absolute atomic E-state index is 0.0171. The maximum atomic E-state index is 12.7. The molecule has 1 aromatic carbocycles.